The van der Waals surface area contributed by atoms with Gasteiger partial charge in [0.15, 0.2) is 0 Å². The van der Waals surface area contributed by atoms with E-state index in [0.717, 1.165) is 14.9 Å². The first kappa shape index (κ1) is 19.5. The molecule has 0 radical (unpaired) electrons. The monoisotopic (exact) mass is 433 g/mol. The van der Waals surface area contributed by atoms with E-state index in [2.05, 4.69) is 15.9 Å². The Kier molecular flexibility index (Phi) is 5.38. The lowest BCUT2D eigenvalue weighted by molar-refractivity contribution is -0.128. The number of carbonyl (C=O) groups is 2. The standard InChI is InChI=1S/C21H21BrFNO3/c1-21(2,3)27-20(26)24-12-17(13-4-8-15(22)9-5-13)18(19(24)25)14-6-10-16(23)11-7-14/h4-11,17-18H,12H2,1-3H3/t17-,18-/m0/s1. The van der Waals surface area contributed by atoms with Crippen LogP contribution in [0.2, 0.25) is 0 Å². The van der Waals surface area contributed by atoms with Gasteiger partial charge in [-0.3, -0.25) is 4.79 Å². The first-order valence-corrected chi connectivity index (χ1v) is 9.50. The molecule has 1 aliphatic heterocycles. The second-order valence-electron chi connectivity index (χ2n) is 7.62. The lowest BCUT2D eigenvalue weighted by Crippen LogP contribution is -2.38. The van der Waals surface area contributed by atoms with Gasteiger partial charge in [-0.25, -0.2) is 14.1 Å². The van der Waals surface area contributed by atoms with Crippen molar-refractivity contribution < 1.29 is 18.7 Å². The van der Waals surface area contributed by atoms with Crippen LogP contribution in [0.1, 0.15) is 43.7 Å². The van der Waals surface area contributed by atoms with Gasteiger partial charge in [0.25, 0.3) is 0 Å². The van der Waals surface area contributed by atoms with Crippen LogP contribution in [0, 0.1) is 5.82 Å². The number of imide groups is 1. The van der Waals surface area contributed by atoms with Crippen molar-refractivity contribution >= 4 is 27.9 Å². The minimum atomic E-state index is -0.696. The molecule has 0 aliphatic carbocycles. The largest absolute Gasteiger partial charge is 0.443 e. The molecule has 0 aromatic heterocycles. The van der Waals surface area contributed by atoms with Crippen molar-refractivity contribution in [1.29, 1.82) is 0 Å². The van der Waals surface area contributed by atoms with Crippen molar-refractivity contribution in [3.63, 3.8) is 0 Å². The van der Waals surface area contributed by atoms with Crippen LogP contribution in [-0.2, 0) is 9.53 Å². The molecule has 3 rings (SSSR count). The van der Waals surface area contributed by atoms with Crippen LogP contribution in [-0.4, -0.2) is 29.0 Å². The van der Waals surface area contributed by atoms with Crippen molar-refractivity contribution in [2.75, 3.05) is 6.54 Å². The molecule has 0 N–H and O–H groups in total. The molecule has 1 fully saturated rings. The number of rotatable bonds is 2. The number of amides is 2. The summed E-state index contributed by atoms with van der Waals surface area (Å²) in [5.41, 5.74) is 0.922. The zero-order valence-electron chi connectivity index (χ0n) is 15.4. The van der Waals surface area contributed by atoms with E-state index in [9.17, 15) is 14.0 Å². The number of ether oxygens (including phenoxy) is 1. The molecule has 0 bridgehead atoms. The molecule has 27 heavy (non-hydrogen) atoms. The van der Waals surface area contributed by atoms with Crippen molar-refractivity contribution in [3.05, 3.63) is 69.9 Å². The summed E-state index contributed by atoms with van der Waals surface area (Å²) >= 11 is 3.41. The van der Waals surface area contributed by atoms with Crippen molar-refractivity contribution in [2.45, 2.75) is 38.2 Å². The minimum absolute atomic E-state index is 0.220. The highest BCUT2D eigenvalue weighted by atomic mass is 79.9. The van der Waals surface area contributed by atoms with Crippen LogP contribution >= 0.6 is 15.9 Å². The maximum Gasteiger partial charge on any atom is 0.417 e. The van der Waals surface area contributed by atoms with Crippen LogP contribution in [0.25, 0.3) is 0 Å². The van der Waals surface area contributed by atoms with Gasteiger partial charge < -0.3 is 4.74 Å². The molecule has 0 saturated carbocycles. The Hall–Kier alpha value is -2.21. The van der Waals surface area contributed by atoms with Crippen molar-refractivity contribution in [1.82, 2.24) is 4.90 Å². The Bertz CT molecular complexity index is 843. The third kappa shape index (κ3) is 4.38. The third-order valence-electron chi connectivity index (χ3n) is 4.45. The molecule has 2 atom stereocenters. The molecule has 0 unspecified atom stereocenters. The Balaban J connectivity index is 1.98. The fourth-order valence-electron chi connectivity index (χ4n) is 3.27. The predicted molar refractivity (Wildman–Crippen MR) is 104 cm³/mol. The molecule has 0 spiro atoms. The summed E-state index contributed by atoms with van der Waals surface area (Å²) in [7, 11) is 0. The number of halogens is 2. The summed E-state index contributed by atoms with van der Waals surface area (Å²) < 4.78 is 19.7. The van der Waals surface area contributed by atoms with E-state index in [-0.39, 0.29) is 24.2 Å². The van der Waals surface area contributed by atoms with Gasteiger partial charge in [0.1, 0.15) is 11.4 Å². The summed E-state index contributed by atoms with van der Waals surface area (Å²) in [4.78, 5) is 26.8. The smallest absolute Gasteiger partial charge is 0.417 e. The van der Waals surface area contributed by atoms with Gasteiger partial charge in [-0.2, -0.15) is 0 Å². The Morgan fingerprint density at radius 2 is 1.63 bits per heavy atom. The van der Waals surface area contributed by atoms with Gasteiger partial charge in [0, 0.05) is 16.9 Å². The summed E-state index contributed by atoms with van der Waals surface area (Å²) in [6.45, 7) is 5.50. The highest BCUT2D eigenvalue weighted by Gasteiger charge is 2.46. The number of nitrogens with zero attached hydrogens (tertiary/aromatic N) is 1. The van der Waals surface area contributed by atoms with Crippen LogP contribution in [0.15, 0.2) is 53.0 Å². The van der Waals surface area contributed by atoms with Crippen LogP contribution in [0.5, 0.6) is 0 Å². The summed E-state index contributed by atoms with van der Waals surface area (Å²) in [6, 6.07) is 13.5. The second kappa shape index (κ2) is 7.43. The molecule has 4 nitrogen and oxygen atoms in total. The molecule has 6 heteroatoms. The topological polar surface area (TPSA) is 46.6 Å². The number of benzene rings is 2. The zero-order valence-corrected chi connectivity index (χ0v) is 17.0. The lowest BCUT2D eigenvalue weighted by atomic mass is 9.84. The predicted octanol–water partition coefficient (Wildman–Crippen LogP) is 5.23. The number of hydrogen-bond acceptors (Lipinski definition) is 3. The quantitative estimate of drug-likeness (QED) is 0.650. The van der Waals surface area contributed by atoms with Gasteiger partial charge in [-0.15, -0.1) is 0 Å². The van der Waals surface area contributed by atoms with Crippen LogP contribution in [0.4, 0.5) is 9.18 Å². The molecule has 142 valence electrons. The fourth-order valence-corrected chi connectivity index (χ4v) is 3.53. The molecule has 1 heterocycles. The summed E-state index contributed by atoms with van der Waals surface area (Å²) in [6.07, 6.45) is -0.653. The Labute approximate surface area is 166 Å². The average molecular weight is 434 g/mol. The maximum absolute atomic E-state index is 13.4. The van der Waals surface area contributed by atoms with Crippen LogP contribution in [0.3, 0.4) is 0 Å². The first-order valence-electron chi connectivity index (χ1n) is 8.71. The molecule has 2 aromatic carbocycles. The highest BCUT2D eigenvalue weighted by molar-refractivity contribution is 9.10. The molecule has 1 aliphatic rings. The minimum Gasteiger partial charge on any atom is -0.443 e. The van der Waals surface area contributed by atoms with Gasteiger partial charge in [-0.1, -0.05) is 40.2 Å². The number of carbonyl (C=O) groups excluding carboxylic acids is 2. The number of likely N-dealkylation sites (tertiary alicyclic amines) is 1. The van der Waals surface area contributed by atoms with Crippen molar-refractivity contribution in [2.24, 2.45) is 0 Å². The zero-order chi connectivity index (χ0) is 19.8. The van der Waals surface area contributed by atoms with Crippen molar-refractivity contribution in [3.8, 4) is 0 Å². The SMILES string of the molecule is CC(C)(C)OC(=O)N1C[C@@H](c2ccc(Br)cc2)[C@H](c2ccc(F)cc2)C1=O. The average Bonchev–Trinajstić information content (AvgIpc) is 2.92. The first-order chi connectivity index (χ1) is 12.7. The maximum atomic E-state index is 13.4. The Morgan fingerprint density at radius 1 is 1.07 bits per heavy atom. The molecular formula is C21H21BrFNO3. The van der Waals surface area contributed by atoms with E-state index in [4.69, 9.17) is 4.74 Å². The van der Waals surface area contributed by atoms with E-state index >= 15 is 0 Å². The van der Waals surface area contributed by atoms with E-state index < -0.39 is 17.6 Å². The summed E-state index contributed by atoms with van der Waals surface area (Å²) in [5.74, 6) is -1.50. The van der Waals surface area contributed by atoms with E-state index in [1.807, 2.05) is 24.3 Å². The highest BCUT2D eigenvalue weighted by Crippen LogP contribution is 2.41. The normalized spacial score (nSPS) is 20.0. The van der Waals surface area contributed by atoms with E-state index in [1.165, 1.54) is 12.1 Å². The fraction of sp³-hybridized carbons (Fsp3) is 0.333. The number of hydrogen-bond donors (Lipinski definition) is 0. The summed E-state index contributed by atoms with van der Waals surface area (Å²) in [5, 5.41) is 0. The molecule has 2 amide bonds. The van der Waals surface area contributed by atoms with E-state index in [0.29, 0.717) is 5.56 Å². The lowest BCUT2D eigenvalue weighted by Gasteiger charge is -2.23. The van der Waals surface area contributed by atoms with Crippen LogP contribution < -0.4 is 0 Å². The molecule has 1 saturated heterocycles. The van der Waals surface area contributed by atoms with Gasteiger partial charge >= 0.3 is 6.09 Å². The van der Waals surface area contributed by atoms with E-state index in [1.54, 1.807) is 32.9 Å². The van der Waals surface area contributed by atoms with Gasteiger partial charge in [-0.05, 0) is 56.2 Å². The molecule has 2 aromatic rings. The molecular weight excluding hydrogens is 413 g/mol. The third-order valence-corrected chi connectivity index (χ3v) is 4.98. The second-order valence-corrected chi connectivity index (χ2v) is 8.53. The van der Waals surface area contributed by atoms with Gasteiger partial charge in [0.05, 0.1) is 5.92 Å². The Morgan fingerprint density at radius 3 is 2.19 bits per heavy atom. The van der Waals surface area contributed by atoms with Gasteiger partial charge in [0.2, 0.25) is 5.91 Å².